The van der Waals surface area contributed by atoms with E-state index in [1.165, 1.54) is 0 Å². The summed E-state index contributed by atoms with van der Waals surface area (Å²) in [7, 11) is 0. The zero-order valence-corrected chi connectivity index (χ0v) is 15.4. The molecule has 0 fully saturated rings. The number of para-hydroxylation sites is 2. The summed E-state index contributed by atoms with van der Waals surface area (Å²) in [5.74, 6) is -0.0798. The molecule has 3 rings (SSSR count). The van der Waals surface area contributed by atoms with E-state index in [0.717, 1.165) is 11.3 Å². The topological polar surface area (TPSA) is 101 Å². The third-order valence-electron chi connectivity index (χ3n) is 4.21. The van der Waals surface area contributed by atoms with Crippen molar-refractivity contribution in [3.05, 3.63) is 52.5 Å². The molecular weight excluding hydrogens is 350 g/mol. The van der Waals surface area contributed by atoms with Gasteiger partial charge in [-0.25, -0.2) is 4.98 Å². The van der Waals surface area contributed by atoms with E-state index in [9.17, 15) is 9.90 Å². The number of aromatic nitrogens is 1. The Hall–Kier alpha value is -2.22. The van der Waals surface area contributed by atoms with Crippen LogP contribution in [0, 0.1) is 0 Å². The first-order valence-electron chi connectivity index (χ1n) is 8.70. The largest absolute Gasteiger partial charge is 0.438 e. The Bertz CT molecular complexity index is 814. The number of thiophene rings is 1. The van der Waals surface area contributed by atoms with Gasteiger partial charge in [-0.05, 0) is 30.0 Å². The van der Waals surface area contributed by atoms with Crippen molar-refractivity contribution in [2.24, 2.45) is 5.73 Å². The zero-order valence-electron chi connectivity index (χ0n) is 14.6. The summed E-state index contributed by atoms with van der Waals surface area (Å²) in [5, 5.41) is 15.5. The van der Waals surface area contributed by atoms with Gasteiger partial charge in [0.15, 0.2) is 11.7 Å². The maximum atomic E-state index is 12.5. The second-order valence-electron chi connectivity index (χ2n) is 6.26. The van der Waals surface area contributed by atoms with Crippen LogP contribution in [-0.4, -0.2) is 28.1 Å². The van der Waals surface area contributed by atoms with Crippen molar-refractivity contribution in [3.8, 4) is 0 Å². The fraction of sp³-hybridized carbons (Fsp3) is 0.368. The first-order chi connectivity index (χ1) is 12.6. The minimum atomic E-state index is -1.03. The number of hydrogen-bond donors (Lipinski definition) is 3. The molecule has 1 aromatic carbocycles. The van der Waals surface area contributed by atoms with Crippen molar-refractivity contribution < 1.29 is 14.3 Å². The van der Waals surface area contributed by atoms with Gasteiger partial charge in [-0.15, -0.1) is 11.3 Å². The molecule has 2 heterocycles. The highest BCUT2D eigenvalue weighted by molar-refractivity contribution is 7.09. The van der Waals surface area contributed by atoms with Gasteiger partial charge in [0, 0.05) is 11.3 Å². The highest BCUT2D eigenvalue weighted by atomic mass is 32.1. The average molecular weight is 373 g/mol. The molecular formula is C19H23N3O3S. The smallest absolute Gasteiger partial charge is 0.237 e. The Morgan fingerprint density at radius 3 is 2.85 bits per heavy atom. The van der Waals surface area contributed by atoms with Gasteiger partial charge in [0.05, 0.1) is 12.1 Å². The fourth-order valence-electron chi connectivity index (χ4n) is 2.84. The molecule has 0 aliphatic rings. The van der Waals surface area contributed by atoms with Crippen molar-refractivity contribution >= 4 is 28.3 Å². The Labute approximate surface area is 156 Å². The molecule has 4 N–H and O–H groups in total. The lowest BCUT2D eigenvalue weighted by molar-refractivity contribution is -0.124. The van der Waals surface area contributed by atoms with E-state index in [1.807, 2.05) is 42.6 Å². The second-order valence-corrected chi connectivity index (χ2v) is 7.29. The van der Waals surface area contributed by atoms with Crippen LogP contribution in [-0.2, 0) is 11.2 Å². The molecule has 6 nitrogen and oxygen atoms in total. The number of aliphatic hydroxyl groups excluding tert-OH is 1. The lowest BCUT2D eigenvalue weighted by Crippen LogP contribution is -2.48. The normalized spacial score (nSPS) is 14.9. The van der Waals surface area contributed by atoms with Gasteiger partial charge in [-0.3, -0.25) is 4.79 Å². The highest BCUT2D eigenvalue weighted by Crippen LogP contribution is 2.24. The average Bonchev–Trinajstić information content (AvgIpc) is 3.29. The first-order valence-corrected chi connectivity index (χ1v) is 9.58. The molecule has 7 heteroatoms. The van der Waals surface area contributed by atoms with Crippen molar-refractivity contribution in [1.29, 1.82) is 0 Å². The summed E-state index contributed by atoms with van der Waals surface area (Å²) in [6.07, 6.45) is 0.835. The van der Waals surface area contributed by atoms with Crippen LogP contribution in [0.25, 0.3) is 11.1 Å². The molecule has 0 spiro atoms. The molecule has 1 amide bonds. The predicted molar refractivity (Wildman–Crippen MR) is 102 cm³/mol. The molecule has 0 aliphatic carbocycles. The maximum absolute atomic E-state index is 12.5. The molecule has 0 saturated carbocycles. The van der Waals surface area contributed by atoms with Crippen LogP contribution in [0.1, 0.15) is 36.6 Å². The molecule has 26 heavy (non-hydrogen) atoms. The Kier molecular flexibility index (Phi) is 6.03. The first kappa shape index (κ1) is 18.6. The summed E-state index contributed by atoms with van der Waals surface area (Å²) < 4.78 is 5.64. The number of aliphatic hydroxyl groups is 1. The third-order valence-corrected chi connectivity index (χ3v) is 5.11. The van der Waals surface area contributed by atoms with Crippen LogP contribution in [0.5, 0.6) is 0 Å². The maximum Gasteiger partial charge on any atom is 0.237 e. The van der Waals surface area contributed by atoms with E-state index in [0.29, 0.717) is 23.9 Å². The molecule has 0 aliphatic heterocycles. The standard InChI is InChI=1S/C19H23N3O3S/c1-2-6-15(21-18(24)13(20)11-12-7-5-10-26-12)17(23)19-22-14-8-3-4-9-16(14)25-19/h3-5,7-10,13,15,17,23H,2,6,11,20H2,1H3,(H,21,24)/t13?,15-,17-/m0/s1. The minimum absolute atomic E-state index is 0.205. The number of fused-ring (bicyclic) bond motifs is 1. The predicted octanol–water partition coefficient (Wildman–Crippen LogP) is 2.78. The summed E-state index contributed by atoms with van der Waals surface area (Å²) in [6.45, 7) is 1.99. The lowest BCUT2D eigenvalue weighted by Gasteiger charge is -2.23. The van der Waals surface area contributed by atoms with Gasteiger partial charge in [-0.1, -0.05) is 31.5 Å². The summed E-state index contributed by atoms with van der Waals surface area (Å²) in [5.41, 5.74) is 7.31. The van der Waals surface area contributed by atoms with Crippen molar-refractivity contribution in [2.75, 3.05) is 0 Å². The number of rotatable bonds is 8. The Morgan fingerprint density at radius 2 is 2.15 bits per heavy atom. The van der Waals surface area contributed by atoms with E-state index in [-0.39, 0.29) is 11.8 Å². The van der Waals surface area contributed by atoms with Crippen LogP contribution in [0.2, 0.25) is 0 Å². The number of carbonyl (C=O) groups is 1. The van der Waals surface area contributed by atoms with Crippen LogP contribution in [0.3, 0.4) is 0 Å². The van der Waals surface area contributed by atoms with E-state index in [4.69, 9.17) is 10.2 Å². The number of benzene rings is 1. The van der Waals surface area contributed by atoms with Gasteiger partial charge in [-0.2, -0.15) is 0 Å². The number of carbonyl (C=O) groups excluding carboxylic acids is 1. The van der Waals surface area contributed by atoms with E-state index < -0.39 is 18.2 Å². The molecule has 0 radical (unpaired) electrons. The van der Waals surface area contributed by atoms with Crippen molar-refractivity contribution in [1.82, 2.24) is 10.3 Å². The number of nitrogens with one attached hydrogen (secondary N) is 1. The SMILES string of the molecule is CCC[C@H](NC(=O)C(N)Cc1cccs1)[C@H](O)c1nc2ccccc2o1. The Balaban J connectivity index is 1.69. The van der Waals surface area contributed by atoms with Gasteiger partial charge in [0.2, 0.25) is 11.8 Å². The molecule has 3 aromatic rings. The van der Waals surface area contributed by atoms with Gasteiger partial charge in [0.1, 0.15) is 5.52 Å². The Morgan fingerprint density at radius 1 is 1.35 bits per heavy atom. The molecule has 0 saturated heterocycles. The van der Waals surface area contributed by atoms with Gasteiger partial charge < -0.3 is 20.6 Å². The number of hydrogen-bond acceptors (Lipinski definition) is 6. The van der Waals surface area contributed by atoms with Crippen LogP contribution in [0.4, 0.5) is 0 Å². The van der Waals surface area contributed by atoms with Gasteiger partial charge in [0.25, 0.3) is 0 Å². The fourth-order valence-corrected chi connectivity index (χ4v) is 3.60. The summed E-state index contributed by atoms with van der Waals surface area (Å²) in [6, 6.07) is 10.0. The van der Waals surface area contributed by atoms with Crippen LogP contribution >= 0.6 is 11.3 Å². The molecule has 2 aromatic heterocycles. The quantitative estimate of drug-likeness (QED) is 0.564. The van der Waals surface area contributed by atoms with E-state index in [2.05, 4.69) is 10.3 Å². The zero-order chi connectivity index (χ0) is 18.5. The second kappa shape index (κ2) is 8.44. The molecule has 3 atom stereocenters. The summed E-state index contributed by atoms with van der Waals surface area (Å²) >= 11 is 1.57. The van der Waals surface area contributed by atoms with Crippen molar-refractivity contribution in [2.45, 2.75) is 44.4 Å². The number of nitrogens with zero attached hydrogens (tertiary/aromatic N) is 1. The van der Waals surface area contributed by atoms with Crippen molar-refractivity contribution in [3.63, 3.8) is 0 Å². The van der Waals surface area contributed by atoms with E-state index >= 15 is 0 Å². The molecule has 1 unspecified atom stereocenters. The molecule has 138 valence electrons. The number of oxazole rings is 1. The highest BCUT2D eigenvalue weighted by Gasteiger charge is 2.28. The van der Waals surface area contributed by atoms with Crippen LogP contribution in [0.15, 0.2) is 46.2 Å². The van der Waals surface area contributed by atoms with Gasteiger partial charge >= 0.3 is 0 Å². The van der Waals surface area contributed by atoms with Crippen LogP contribution < -0.4 is 11.1 Å². The third kappa shape index (κ3) is 4.30. The lowest BCUT2D eigenvalue weighted by atomic mass is 10.0. The van der Waals surface area contributed by atoms with E-state index in [1.54, 1.807) is 17.4 Å². The number of nitrogens with two attached hydrogens (primary N) is 1. The summed E-state index contributed by atoms with van der Waals surface area (Å²) in [4.78, 5) is 17.9. The minimum Gasteiger partial charge on any atom is -0.438 e. The monoisotopic (exact) mass is 373 g/mol. The number of amides is 1. The molecule has 0 bridgehead atoms.